The fourth-order valence-corrected chi connectivity index (χ4v) is 5.38. The molecule has 33 heavy (non-hydrogen) atoms. The third-order valence-electron chi connectivity index (χ3n) is 3.81. The average Bonchev–Trinajstić information content (AvgIpc) is 2.60. The van der Waals surface area contributed by atoms with Crippen LogP contribution in [-0.2, 0) is 40.9 Å². The second kappa shape index (κ2) is 17.1. The van der Waals surface area contributed by atoms with Gasteiger partial charge in [-0.2, -0.15) is 0 Å². The van der Waals surface area contributed by atoms with Crippen LogP contribution in [0, 0.1) is 11.8 Å². The van der Waals surface area contributed by atoms with E-state index in [0.29, 0.717) is 12.8 Å². The van der Waals surface area contributed by atoms with Crippen molar-refractivity contribution in [1.82, 2.24) is 0 Å². The van der Waals surface area contributed by atoms with Gasteiger partial charge in [-0.1, -0.05) is 35.1 Å². The van der Waals surface area contributed by atoms with Gasteiger partial charge in [0.05, 0.1) is 33.0 Å². The van der Waals surface area contributed by atoms with Gasteiger partial charge in [0.2, 0.25) is 0 Å². The molecule has 1 N–H and O–H groups in total. The molecular weight excluding hydrogens is 524 g/mol. The fraction of sp³-hybridized carbons (Fsp3) is 1.00. The molecule has 0 aliphatic carbocycles. The van der Waals surface area contributed by atoms with Crippen LogP contribution in [0.4, 0.5) is 0 Å². The summed E-state index contributed by atoms with van der Waals surface area (Å²) in [5, 5.41) is 0. The summed E-state index contributed by atoms with van der Waals surface area (Å²) in [4.78, 5) is 43.8. The SMILES string of the molecule is C.C.CCC(COP(C)(=O)O)COP(=O)([O-])OCCOP(=O)([O-])OCC(CC)CP(C)(=O)[O-]. The first-order valence-electron chi connectivity index (χ1n) is 9.41. The van der Waals surface area contributed by atoms with Crippen molar-refractivity contribution < 1.29 is 60.5 Å². The molecule has 204 valence electrons. The zero-order valence-electron chi connectivity index (χ0n) is 17.9. The molecule has 0 saturated heterocycles. The Morgan fingerprint density at radius 3 is 1.39 bits per heavy atom. The largest absolute Gasteiger partial charge is 0.799 e. The third kappa shape index (κ3) is 22.7. The topological polar surface area (TPSA) is 204 Å². The molecule has 0 fully saturated rings. The smallest absolute Gasteiger partial charge is 0.325 e. The monoisotopic (exact) mass is 563 g/mol. The molecule has 0 amide bonds. The summed E-state index contributed by atoms with van der Waals surface area (Å²) in [6.07, 6.45) is 0.553. The van der Waals surface area contributed by atoms with Crippen LogP contribution in [0.3, 0.4) is 0 Å². The highest BCUT2D eigenvalue weighted by atomic mass is 31.2. The minimum absolute atomic E-state index is 0. The lowest BCUT2D eigenvalue weighted by atomic mass is 10.1. The first-order chi connectivity index (χ1) is 14.0. The average molecular weight is 563 g/mol. The van der Waals surface area contributed by atoms with Crippen LogP contribution in [0.2, 0.25) is 0 Å². The second-order valence-electron chi connectivity index (χ2n) is 7.00. The Balaban J connectivity index is -0.00000450. The molecule has 0 aromatic carbocycles. The first-order valence-corrected chi connectivity index (χ1v) is 16.6. The lowest BCUT2D eigenvalue weighted by Gasteiger charge is -2.28. The molecule has 6 atom stereocenters. The van der Waals surface area contributed by atoms with E-state index in [1.165, 1.54) is 0 Å². The maximum atomic E-state index is 11.7. The van der Waals surface area contributed by atoms with Gasteiger partial charge in [0, 0.05) is 20.0 Å². The predicted octanol–water partition coefficient (Wildman–Crippen LogP) is 2.41. The number of phosphoric ester groups is 2. The van der Waals surface area contributed by atoms with Crippen LogP contribution in [0.1, 0.15) is 41.5 Å². The van der Waals surface area contributed by atoms with E-state index in [-0.39, 0.29) is 40.8 Å². The van der Waals surface area contributed by atoms with E-state index < -0.39 is 55.7 Å². The molecule has 17 heteroatoms. The number of hydrogen-bond acceptors (Lipinski definition) is 12. The highest BCUT2D eigenvalue weighted by Crippen LogP contribution is 2.43. The fourth-order valence-electron chi connectivity index (χ4n) is 2.06. The van der Waals surface area contributed by atoms with E-state index in [9.17, 15) is 32.9 Å². The van der Waals surface area contributed by atoms with Crippen molar-refractivity contribution in [2.45, 2.75) is 41.5 Å². The van der Waals surface area contributed by atoms with Crippen molar-refractivity contribution in [2.24, 2.45) is 11.8 Å². The van der Waals surface area contributed by atoms with Gasteiger partial charge in [0.15, 0.2) is 0 Å². The molecule has 13 nitrogen and oxygen atoms in total. The molecular formula is C16H39O13P4-3. The zero-order chi connectivity index (χ0) is 24.3. The molecule has 0 aliphatic heterocycles. The molecule has 0 spiro atoms. The lowest BCUT2D eigenvalue weighted by Crippen LogP contribution is -2.20. The summed E-state index contributed by atoms with van der Waals surface area (Å²) in [7, 11) is -16.9. The van der Waals surface area contributed by atoms with E-state index in [2.05, 4.69) is 18.1 Å². The van der Waals surface area contributed by atoms with E-state index in [4.69, 9.17) is 9.42 Å². The second-order valence-corrected chi connectivity index (χ2v) is 14.1. The van der Waals surface area contributed by atoms with Crippen molar-refractivity contribution in [3.8, 4) is 0 Å². The van der Waals surface area contributed by atoms with Crippen LogP contribution in [0.25, 0.3) is 0 Å². The molecule has 0 radical (unpaired) electrons. The highest BCUT2D eigenvalue weighted by molar-refractivity contribution is 7.55. The third-order valence-corrected chi connectivity index (χ3v) is 7.55. The maximum absolute atomic E-state index is 11.7. The molecule has 0 bridgehead atoms. The van der Waals surface area contributed by atoms with Crippen molar-refractivity contribution in [2.75, 3.05) is 52.5 Å². The van der Waals surface area contributed by atoms with Crippen molar-refractivity contribution in [3.05, 3.63) is 0 Å². The Morgan fingerprint density at radius 2 is 1.06 bits per heavy atom. The van der Waals surface area contributed by atoms with Crippen LogP contribution in [0.5, 0.6) is 0 Å². The van der Waals surface area contributed by atoms with Crippen LogP contribution in [0.15, 0.2) is 0 Å². The van der Waals surface area contributed by atoms with E-state index >= 15 is 0 Å². The zero-order valence-corrected chi connectivity index (χ0v) is 21.5. The molecule has 0 heterocycles. The Morgan fingerprint density at radius 1 is 0.697 bits per heavy atom. The summed E-state index contributed by atoms with van der Waals surface area (Å²) in [6.45, 7) is 3.13. The summed E-state index contributed by atoms with van der Waals surface area (Å²) in [6, 6.07) is 0. The van der Waals surface area contributed by atoms with Crippen LogP contribution in [-0.4, -0.2) is 57.4 Å². The van der Waals surface area contributed by atoms with Gasteiger partial charge < -0.3 is 46.8 Å². The Labute approximate surface area is 197 Å². The van der Waals surface area contributed by atoms with E-state index in [1.807, 2.05) is 0 Å². The van der Waals surface area contributed by atoms with Gasteiger partial charge in [-0.3, -0.25) is 13.7 Å². The molecule has 0 rings (SSSR count). The number of hydrogen-bond donors (Lipinski definition) is 1. The van der Waals surface area contributed by atoms with Crippen LogP contribution >= 0.6 is 30.6 Å². The van der Waals surface area contributed by atoms with Gasteiger partial charge in [-0.25, -0.2) is 0 Å². The Kier molecular flexibility index (Phi) is 19.7. The summed E-state index contributed by atoms with van der Waals surface area (Å²) >= 11 is 0. The number of phosphoric acid groups is 2. The highest BCUT2D eigenvalue weighted by Gasteiger charge is 2.19. The van der Waals surface area contributed by atoms with Gasteiger partial charge >= 0.3 is 7.60 Å². The normalized spacial score (nSPS) is 20.6. The van der Waals surface area contributed by atoms with E-state index in [1.54, 1.807) is 13.8 Å². The first kappa shape index (κ1) is 38.1. The molecule has 6 unspecified atom stereocenters. The van der Waals surface area contributed by atoms with Gasteiger partial charge in [-0.15, -0.1) is 0 Å². The van der Waals surface area contributed by atoms with Gasteiger partial charge in [0.25, 0.3) is 15.6 Å². The Bertz CT molecular complexity index is 705. The number of rotatable bonds is 18. The van der Waals surface area contributed by atoms with Gasteiger partial charge in [-0.05, 0) is 25.2 Å². The minimum Gasteiger partial charge on any atom is -0.799 e. The lowest BCUT2D eigenvalue weighted by molar-refractivity contribution is -0.234. The van der Waals surface area contributed by atoms with Crippen molar-refractivity contribution in [1.29, 1.82) is 0 Å². The molecule has 0 saturated carbocycles. The minimum atomic E-state index is -4.79. The summed E-state index contributed by atoms with van der Waals surface area (Å²) in [5.41, 5.74) is 0. The van der Waals surface area contributed by atoms with Crippen LogP contribution < -0.4 is 14.7 Å². The van der Waals surface area contributed by atoms with Crippen molar-refractivity contribution >= 4 is 30.6 Å². The summed E-state index contributed by atoms with van der Waals surface area (Å²) in [5.74, 6) is -1.02. The maximum Gasteiger partial charge on any atom is 0.325 e. The predicted molar refractivity (Wildman–Crippen MR) is 120 cm³/mol. The van der Waals surface area contributed by atoms with Crippen molar-refractivity contribution in [3.63, 3.8) is 0 Å². The quantitative estimate of drug-likeness (QED) is 0.188. The van der Waals surface area contributed by atoms with E-state index in [0.717, 1.165) is 13.3 Å². The molecule has 0 aliphatic rings. The molecule has 0 aromatic rings. The Hall–Kier alpha value is 0.560. The summed E-state index contributed by atoms with van der Waals surface area (Å²) < 4.78 is 68.8. The molecule has 0 aromatic heterocycles. The standard InChI is InChI=1S/C14H34O13P4.2CH4/c1-5-13(9-25-29(4,17)18)10-26-30(19,20)23-7-8-24-31(21,22)27-11-14(6-2)12-28(3,15)16;;/h13-14H,5-12H2,1-4H3,(H,15,16)(H,17,18)(H,19,20)(H,21,22);2*1H4/p-3. The van der Waals surface area contributed by atoms with Gasteiger partial charge in [0.1, 0.15) is 0 Å².